The lowest BCUT2D eigenvalue weighted by Gasteiger charge is -2.07. The maximum Gasteiger partial charge on any atom is 0.387 e. The molecular weight excluding hydrogens is 326 g/mol. The third kappa shape index (κ3) is 4.53. The zero-order chi connectivity index (χ0) is 17.5. The third-order valence-corrected chi connectivity index (χ3v) is 2.73. The molecule has 2 aromatic rings. The highest BCUT2D eigenvalue weighted by Crippen LogP contribution is 2.24. The number of rotatable bonds is 6. The van der Waals surface area contributed by atoms with Crippen molar-refractivity contribution in [2.75, 3.05) is 0 Å². The van der Waals surface area contributed by atoms with Crippen molar-refractivity contribution >= 4 is 17.8 Å². The summed E-state index contributed by atoms with van der Waals surface area (Å²) in [4.78, 5) is 25.6. The maximum atomic E-state index is 12.4. The van der Waals surface area contributed by atoms with Crippen LogP contribution in [0.25, 0.3) is 0 Å². The van der Waals surface area contributed by atoms with Crippen molar-refractivity contribution in [2.45, 2.75) is 6.61 Å². The number of hydrazone groups is 1. The Morgan fingerprint density at radius 3 is 2.67 bits per heavy atom. The van der Waals surface area contributed by atoms with Gasteiger partial charge in [-0.15, -0.1) is 0 Å². The Hall–Kier alpha value is -3.43. The van der Waals surface area contributed by atoms with Crippen molar-refractivity contribution in [3.63, 3.8) is 0 Å². The highest BCUT2D eigenvalue weighted by molar-refractivity contribution is 5.95. The van der Waals surface area contributed by atoms with Crippen LogP contribution in [-0.4, -0.2) is 28.6 Å². The quantitative estimate of drug-likeness (QED) is 0.495. The van der Waals surface area contributed by atoms with Crippen molar-refractivity contribution in [3.8, 4) is 5.75 Å². The summed E-state index contributed by atoms with van der Waals surface area (Å²) in [5.41, 5.74) is 2.03. The van der Waals surface area contributed by atoms with Crippen molar-refractivity contribution < 1.29 is 23.2 Å². The van der Waals surface area contributed by atoms with Crippen LogP contribution in [0.1, 0.15) is 15.9 Å². The number of nitrogens with one attached hydrogen (secondary N) is 1. The van der Waals surface area contributed by atoms with Crippen LogP contribution in [-0.2, 0) is 0 Å². The molecule has 1 heterocycles. The van der Waals surface area contributed by atoms with Crippen LogP contribution in [0.4, 0.5) is 14.5 Å². The Morgan fingerprint density at radius 2 is 2.04 bits per heavy atom. The van der Waals surface area contributed by atoms with Gasteiger partial charge in [-0.3, -0.25) is 19.9 Å². The van der Waals surface area contributed by atoms with Gasteiger partial charge in [0.15, 0.2) is 0 Å². The highest BCUT2D eigenvalue weighted by atomic mass is 19.3. The third-order valence-electron chi connectivity index (χ3n) is 2.73. The van der Waals surface area contributed by atoms with Crippen molar-refractivity contribution in [3.05, 3.63) is 64.0 Å². The van der Waals surface area contributed by atoms with Gasteiger partial charge in [-0.2, -0.15) is 13.9 Å². The van der Waals surface area contributed by atoms with Crippen LogP contribution in [0.5, 0.6) is 5.75 Å². The summed E-state index contributed by atoms with van der Waals surface area (Å²) >= 11 is 0. The minimum absolute atomic E-state index is 0.0838. The zero-order valence-corrected chi connectivity index (χ0v) is 11.9. The molecule has 0 radical (unpaired) electrons. The number of benzene rings is 1. The van der Waals surface area contributed by atoms with Crippen LogP contribution in [0.15, 0.2) is 47.8 Å². The lowest BCUT2D eigenvalue weighted by Crippen LogP contribution is -2.17. The smallest absolute Gasteiger partial charge is 0.387 e. The number of nitro benzene ring substituents is 1. The van der Waals surface area contributed by atoms with Crippen LogP contribution in [0.3, 0.4) is 0 Å². The molecule has 8 nitrogen and oxygen atoms in total. The first-order chi connectivity index (χ1) is 11.5. The van der Waals surface area contributed by atoms with Gasteiger partial charge >= 0.3 is 6.61 Å². The topological polar surface area (TPSA) is 107 Å². The van der Waals surface area contributed by atoms with Gasteiger partial charge < -0.3 is 4.74 Å². The summed E-state index contributed by atoms with van der Waals surface area (Å²) < 4.78 is 29.0. The predicted molar refractivity (Wildman–Crippen MR) is 79.0 cm³/mol. The first-order valence-corrected chi connectivity index (χ1v) is 6.44. The molecule has 0 atom stereocenters. The van der Waals surface area contributed by atoms with E-state index in [9.17, 15) is 23.7 Å². The molecule has 0 saturated carbocycles. The van der Waals surface area contributed by atoms with Crippen molar-refractivity contribution in [1.82, 2.24) is 10.4 Å². The highest BCUT2D eigenvalue weighted by Gasteiger charge is 2.14. The van der Waals surface area contributed by atoms with E-state index in [0.717, 1.165) is 24.4 Å². The summed E-state index contributed by atoms with van der Waals surface area (Å²) in [6.07, 6.45) is 3.80. The second kappa shape index (κ2) is 7.72. The lowest BCUT2D eigenvalue weighted by molar-refractivity contribution is -0.384. The lowest BCUT2D eigenvalue weighted by atomic mass is 10.2. The molecule has 1 aromatic carbocycles. The number of non-ortho nitro benzene ring substituents is 1. The molecule has 0 aliphatic rings. The van der Waals surface area contributed by atoms with E-state index >= 15 is 0 Å². The first kappa shape index (κ1) is 16.9. The van der Waals surface area contributed by atoms with Crippen LogP contribution in [0.2, 0.25) is 0 Å². The summed E-state index contributed by atoms with van der Waals surface area (Å²) in [6.45, 7) is -3.11. The molecule has 0 saturated heterocycles. The van der Waals surface area contributed by atoms with Gasteiger partial charge in [-0.25, -0.2) is 5.43 Å². The van der Waals surface area contributed by atoms with Gasteiger partial charge in [0.25, 0.3) is 11.6 Å². The number of carbonyl (C=O) groups excluding carboxylic acids is 1. The number of aromatic nitrogens is 1. The molecule has 1 amide bonds. The van der Waals surface area contributed by atoms with Gasteiger partial charge in [0, 0.05) is 35.7 Å². The fourth-order valence-electron chi connectivity index (χ4n) is 1.68. The van der Waals surface area contributed by atoms with Gasteiger partial charge in [-0.1, -0.05) is 0 Å². The molecule has 0 aliphatic heterocycles. The van der Waals surface area contributed by atoms with E-state index < -0.39 is 17.4 Å². The van der Waals surface area contributed by atoms with Crippen LogP contribution in [0, 0.1) is 10.1 Å². The number of carbonyl (C=O) groups is 1. The minimum atomic E-state index is -3.11. The molecule has 0 unspecified atom stereocenters. The summed E-state index contributed by atoms with van der Waals surface area (Å²) in [7, 11) is 0. The van der Waals surface area contributed by atoms with Crippen LogP contribution >= 0.6 is 0 Å². The molecule has 0 aliphatic carbocycles. The number of halogens is 2. The molecule has 124 valence electrons. The molecule has 1 N–H and O–H groups in total. The van der Waals surface area contributed by atoms with E-state index in [4.69, 9.17) is 0 Å². The van der Waals surface area contributed by atoms with E-state index in [0.29, 0.717) is 0 Å². The van der Waals surface area contributed by atoms with Crippen molar-refractivity contribution in [1.29, 1.82) is 0 Å². The summed E-state index contributed by atoms with van der Waals surface area (Å²) in [6, 6.07) is 5.94. The number of ether oxygens (including phenoxy) is 1. The Bertz CT molecular complexity index is 769. The van der Waals surface area contributed by atoms with E-state index in [1.807, 2.05) is 0 Å². The molecule has 0 fully saturated rings. The zero-order valence-electron chi connectivity index (χ0n) is 11.9. The summed E-state index contributed by atoms with van der Waals surface area (Å²) in [5.74, 6) is -0.868. The molecule has 10 heteroatoms. The molecular formula is C14H10F2N4O4. The standard InChI is InChI=1S/C14H10F2N4O4/c15-14(16)24-12-2-1-11(20(22)23)7-10(12)8-18-19-13(21)9-3-5-17-6-4-9/h1-8,14H,(H,19,21)/b18-8-. The average Bonchev–Trinajstić information content (AvgIpc) is 2.56. The molecule has 24 heavy (non-hydrogen) atoms. The Kier molecular flexibility index (Phi) is 5.45. The Balaban J connectivity index is 2.18. The number of pyridine rings is 1. The van der Waals surface area contributed by atoms with Gasteiger partial charge in [0.2, 0.25) is 0 Å². The fraction of sp³-hybridized carbons (Fsp3) is 0.0714. The van der Waals surface area contributed by atoms with Gasteiger partial charge in [0.05, 0.1) is 11.1 Å². The number of alkyl halides is 2. The van der Waals surface area contributed by atoms with Crippen LogP contribution < -0.4 is 10.2 Å². The molecule has 1 aromatic heterocycles. The number of hydrogen-bond acceptors (Lipinski definition) is 6. The first-order valence-electron chi connectivity index (χ1n) is 6.44. The van der Waals surface area contributed by atoms with E-state index in [2.05, 4.69) is 20.2 Å². The summed E-state index contributed by atoms with van der Waals surface area (Å²) in [5, 5.41) is 14.3. The van der Waals surface area contributed by atoms with Gasteiger partial charge in [0.1, 0.15) is 5.75 Å². The number of nitrogens with zero attached hydrogens (tertiary/aromatic N) is 3. The monoisotopic (exact) mass is 336 g/mol. The SMILES string of the molecule is O=C(N/N=C\c1cc([N+](=O)[O-])ccc1OC(F)F)c1ccncc1. The second-order valence-electron chi connectivity index (χ2n) is 4.29. The Morgan fingerprint density at radius 1 is 1.33 bits per heavy atom. The number of hydrogen-bond donors (Lipinski definition) is 1. The molecule has 2 rings (SSSR count). The molecule has 0 spiro atoms. The maximum absolute atomic E-state index is 12.4. The molecule has 0 bridgehead atoms. The second-order valence-corrected chi connectivity index (χ2v) is 4.29. The van der Waals surface area contributed by atoms with Crippen molar-refractivity contribution in [2.24, 2.45) is 5.10 Å². The van der Waals surface area contributed by atoms with E-state index in [-0.39, 0.29) is 22.6 Å². The predicted octanol–water partition coefficient (Wildman–Crippen LogP) is 2.36. The average molecular weight is 336 g/mol. The number of nitro groups is 1. The Labute approximate surface area is 133 Å². The van der Waals surface area contributed by atoms with Gasteiger partial charge in [-0.05, 0) is 18.2 Å². The van der Waals surface area contributed by atoms with E-state index in [1.165, 1.54) is 24.5 Å². The largest absolute Gasteiger partial charge is 0.434 e. The fourth-order valence-corrected chi connectivity index (χ4v) is 1.68. The normalized spacial score (nSPS) is 10.8. The minimum Gasteiger partial charge on any atom is -0.434 e. The number of amides is 1. The van der Waals surface area contributed by atoms with E-state index in [1.54, 1.807) is 0 Å².